The van der Waals surface area contributed by atoms with Crippen molar-refractivity contribution in [3.8, 4) is 10.6 Å². The standard InChI is InChI=1S/C13H18N2S2/c1-5-9-6-7-11(17-9)10-8-16-12(14-10)15-13(2,3)4/h6-8H,5H2,1-4H3,(H,14,15). The highest BCUT2D eigenvalue weighted by atomic mass is 32.1. The first-order valence-electron chi connectivity index (χ1n) is 5.81. The van der Waals surface area contributed by atoms with Crippen LogP contribution in [0.3, 0.4) is 0 Å². The Morgan fingerprint density at radius 1 is 1.29 bits per heavy atom. The average molecular weight is 266 g/mol. The van der Waals surface area contributed by atoms with Crippen LogP contribution in [0.5, 0.6) is 0 Å². The highest BCUT2D eigenvalue weighted by Crippen LogP contribution is 2.31. The van der Waals surface area contributed by atoms with Gasteiger partial charge in [0, 0.05) is 15.8 Å². The Hall–Kier alpha value is -0.870. The van der Waals surface area contributed by atoms with E-state index in [-0.39, 0.29) is 5.54 Å². The van der Waals surface area contributed by atoms with E-state index in [1.807, 2.05) is 11.3 Å². The molecule has 0 bridgehead atoms. The van der Waals surface area contributed by atoms with Crippen molar-refractivity contribution in [2.24, 2.45) is 0 Å². The zero-order valence-corrected chi connectivity index (χ0v) is 12.3. The zero-order chi connectivity index (χ0) is 12.5. The van der Waals surface area contributed by atoms with Gasteiger partial charge in [0.05, 0.1) is 10.6 Å². The van der Waals surface area contributed by atoms with Gasteiger partial charge in [0.15, 0.2) is 5.13 Å². The molecule has 2 aromatic heterocycles. The summed E-state index contributed by atoms with van der Waals surface area (Å²) in [6, 6.07) is 4.36. The molecule has 92 valence electrons. The van der Waals surface area contributed by atoms with Gasteiger partial charge < -0.3 is 5.32 Å². The number of nitrogens with zero attached hydrogens (tertiary/aromatic N) is 1. The fraction of sp³-hybridized carbons (Fsp3) is 0.462. The van der Waals surface area contributed by atoms with E-state index in [0.717, 1.165) is 17.2 Å². The molecule has 2 aromatic rings. The van der Waals surface area contributed by atoms with Crippen molar-refractivity contribution in [3.05, 3.63) is 22.4 Å². The van der Waals surface area contributed by atoms with Gasteiger partial charge in [-0.1, -0.05) is 6.92 Å². The number of hydrogen-bond acceptors (Lipinski definition) is 4. The summed E-state index contributed by atoms with van der Waals surface area (Å²) in [5, 5.41) is 6.53. The van der Waals surface area contributed by atoms with Crippen LogP contribution in [-0.2, 0) is 6.42 Å². The minimum atomic E-state index is 0.0686. The van der Waals surface area contributed by atoms with Crippen molar-refractivity contribution in [1.82, 2.24) is 4.98 Å². The largest absolute Gasteiger partial charge is 0.357 e. The smallest absolute Gasteiger partial charge is 0.183 e. The topological polar surface area (TPSA) is 24.9 Å². The summed E-state index contributed by atoms with van der Waals surface area (Å²) in [5.74, 6) is 0. The minimum Gasteiger partial charge on any atom is -0.357 e. The first kappa shape index (κ1) is 12.6. The Morgan fingerprint density at radius 2 is 2.06 bits per heavy atom. The fourth-order valence-corrected chi connectivity index (χ4v) is 3.37. The average Bonchev–Trinajstić information content (AvgIpc) is 2.82. The maximum atomic E-state index is 4.63. The van der Waals surface area contributed by atoms with Crippen molar-refractivity contribution in [3.63, 3.8) is 0 Å². The zero-order valence-electron chi connectivity index (χ0n) is 10.7. The van der Waals surface area contributed by atoms with Crippen LogP contribution in [0.25, 0.3) is 10.6 Å². The number of aromatic nitrogens is 1. The molecule has 0 aliphatic carbocycles. The van der Waals surface area contributed by atoms with E-state index in [1.165, 1.54) is 9.75 Å². The molecule has 0 fully saturated rings. The Bertz CT molecular complexity index is 491. The van der Waals surface area contributed by atoms with Crippen LogP contribution in [0, 0.1) is 0 Å². The molecule has 4 heteroatoms. The third-order valence-corrected chi connectivity index (χ3v) is 4.26. The molecule has 0 unspecified atom stereocenters. The monoisotopic (exact) mass is 266 g/mol. The molecule has 0 amide bonds. The molecule has 0 spiro atoms. The molecule has 0 atom stereocenters. The van der Waals surface area contributed by atoms with Crippen LogP contribution in [0.15, 0.2) is 17.5 Å². The molecule has 2 nitrogen and oxygen atoms in total. The summed E-state index contributed by atoms with van der Waals surface area (Å²) in [5.41, 5.74) is 1.16. The molecular formula is C13H18N2S2. The fourth-order valence-electron chi connectivity index (χ4n) is 1.47. The van der Waals surface area contributed by atoms with Gasteiger partial charge >= 0.3 is 0 Å². The highest BCUT2D eigenvalue weighted by Gasteiger charge is 2.13. The summed E-state index contributed by atoms with van der Waals surface area (Å²) >= 11 is 3.51. The summed E-state index contributed by atoms with van der Waals surface area (Å²) < 4.78 is 0. The summed E-state index contributed by atoms with van der Waals surface area (Å²) in [4.78, 5) is 7.31. The van der Waals surface area contributed by atoms with Gasteiger partial charge in [0.25, 0.3) is 0 Å². The maximum Gasteiger partial charge on any atom is 0.183 e. The second-order valence-corrected chi connectivity index (χ2v) is 7.06. The van der Waals surface area contributed by atoms with E-state index in [1.54, 1.807) is 11.3 Å². The van der Waals surface area contributed by atoms with Crippen LogP contribution in [0.2, 0.25) is 0 Å². The Labute approximate surface area is 111 Å². The van der Waals surface area contributed by atoms with Crippen molar-refractivity contribution in [1.29, 1.82) is 0 Å². The second kappa shape index (κ2) is 4.78. The highest BCUT2D eigenvalue weighted by molar-refractivity contribution is 7.17. The molecule has 0 radical (unpaired) electrons. The lowest BCUT2D eigenvalue weighted by Crippen LogP contribution is -2.25. The molecule has 1 N–H and O–H groups in total. The quantitative estimate of drug-likeness (QED) is 0.875. The molecule has 0 saturated carbocycles. The van der Waals surface area contributed by atoms with Crippen molar-refractivity contribution >= 4 is 27.8 Å². The third-order valence-electron chi connectivity index (χ3n) is 2.25. The van der Waals surface area contributed by atoms with Gasteiger partial charge in [-0.15, -0.1) is 22.7 Å². The van der Waals surface area contributed by atoms with E-state index in [2.05, 4.69) is 55.5 Å². The molecule has 17 heavy (non-hydrogen) atoms. The number of nitrogens with one attached hydrogen (secondary N) is 1. The number of thiazole rings is 1. The number of aryl methyl sites for hydroxylation is 1. The van der Waals surface area contributed by atoms with E-state index in [0.29, 0.717) is 0 Å². The summed E-state index contributed by atoms with van der Waals surface area (Å²) in [7, 11) is 0. The van der Waals surface area contributed by atoms with E-state index in [4.69, 9.17) is 0 Å². The van der Waals surface area contributed by atoms with Gasteiger partial charge in [0.1, 0.15) is 0 Å². The Morgan fingerprint density at radius 3 is 2.65 bits per heavy atom. The van der Waals surface area contributed by atoms with Crippen LogP contribution < -0.4 is 5.32 Å². The van der Waals surface area contributed by atoms with E-state index >= 15 is 0 Å². The molecule has 2 heterocycles. The van der Waals surface area contributed by atoms with Crippen LogP contribution in [0.4, 0.5) is 5.13 Å². The maximum absolute atomic E-state index is 4.63. The lowest BCUT2D eigenvalue weighted by Gasteiger charge is -2.19. The van der Waals surface area contributed by atoms with Crippen LogP contribution in [-0.4, -0.2) is 10.5 Å². The summed E-state index contributed by atoms with van der Waals surface area (Å²) in [6.45, 7) is 8.63. The summed E-state index contributed by atoms with van der Waals surface area (Å²) in [6.07, 6.45) is 1.10. The van der Waals surface area contributed by atoms with Crippen LogP contribution >= 0.6 is 22.7 Å². The first-order chi connectivity index (χ1) is 7.98. The molecule has 0 saturated heterocycles. The van der Waals surface area contributed by atoms with Gasteiger partial charge in [-0.2, -0.15) is 0 Å². The lowest BCUT2D eigenvalue weighted by molar-refractivity contribution is 0.633. The number of rotatable bonds is 3. The first-order valence-corrected chi connectivity index (χ1v) is 7.50. The second-order valence-electron chi connectivity index (χ2n) is 5.03. The van der Waals surface area contributed by atoms with Crippen molar-refractivity contribution < 1.29 is 0 Å². The van der Waals surface area contributed by atoms with Gasteiger partial charge in [0.2, 0.25) is 0 Å². The molecule has 0 aliphatic heterocycles. The Kier molecular flexibility index (Phi) is 3.54. The molecule has 0 aliphatic rings. The molecule has 0 aromatic carbocycles. The predicted molar refractivity (Wildman–Crippen MR) is 78.2 cm³/mol. The van der Waals surface area contributed by atoms with Gasteiger partial charge in [-0.3, -0.25) is 0 Å². The predicted octanol–water partition coefficient (Wildman–Crippen LogP) is 4.64. The Balaban J connectivity index is 2.18. The SMILES string of the molecule is CCc1ccc(-c2csc(NC(C)(C)C)n2)s1. The van der Waals surface area contributed by atoms with Gasteiger partial charge in [-0.05, 0) is 39.3 Å². The van der Waals surface area contributed by atoms with Crippen molar-refractivity contribution in [2.45, 2.75) is 39.7 Å². The lowest BCUT2D eigenvalue weighted by atomic mass is 10.1. The molecular weight excluding hydrogens is 248 g/mol. The van der Waals surface area contributed by atoms with Crippen molar-refractivity contribution in [2.75, 3.05) is 5.32 Å². The van der Waals surface area contributed by atoms with E-state index < -0.39 is 0 Å². The normalized spacial score (nSPS) is 11.8. The van der Waals surface area contributed by atoms with Gasteiger partial charge in [-0.25, -0.2) is 4.98 Å². The third kappa shape index (κ3) is 3.30. The minimum absolute atomic E-state index is 0.0686. The molecule has 2 rings (SSSR count). The van der Waals surface area contributed by atoms with E-state index in [9.17, 15) is 0 Å². The number of thiophene rings is 1. The number of anilines is 1. The van der Waals surface area contributed by atoms with Crippen LogP contribution in [0.1, 0.15) is 32.6 Å². The number of hydrogen-bond donors (Lipinski definition) is 1.